The van der Waals surface area contributed by atoms with Crippen LogP contribution in [-0.4, -0.2) is 25.1 Å². The highest BCUT2D eigenvalue weighted by Crippen LogP contribution is 2.11. The fourth-order valence-corrected chi connectivity index (χ4v) is 1.92. The van der Waals surface area contributed by atoms with E-state index in [9.17, 15) is 0 Å². The van der Waals surface area contributed by atoms with Crippen LogP contribution in [0.2, 0.25) is 0 Å². The molecule has 0 unspecified atom stereocenters. The molecule has 0 spiro atoms. The minimum absolute atomic E-state index is 0.938. The summed E-state index contributed by atoms with van der Waals surface area (Å²) in [6.07, 6.45) is 2.97. The van der Waals surface area contributed by atoms with Crippen molar-refractivity contribution >= 4 is 11.5 Å². The Morgan fingerprint density at radius 1 is 1.11 bits per heavy atom. The smallest absolute Gasteiger partial charge is 0.125 e. The first-order chi connectivity index (χ1) is 9.25. The maximum absolute atomic E-state index is 4.33. The lowest BCUT2D eigenvalue weighted by Gasteiger charge is -2.19. The molecule has 3 nitrogen and oxygen atoms in total. The Morgan fingerprint density at radius 3 is 2.58 bits per heavy atom. The molecule has 1 heterocycles. The number of para-hydroxylation sites is 1. The third kappa shape index (κ3) is 4.28. The van der Waals surface area contributed by atoms with Crippen molar-refractivity contribution in [3.05, 3.63) is 54.2 Å². The topological polar surface area (TPSA) is 28.2 Å². The predicted octanol–water partition coefficient (Wildman–Crippen LogP) is 3.33. The molecule has 1 aromatic heterocycles. The molecule has 0 bridgehead atoms. The average Bonchev–Trinajstić information content (AvgIpc) is 2.46. The Kier molecular flexibility index (Phi) is 4.78. The second-order valence-electron chi connectivity index (χ2n) is 4.76. The van der Waals surface area contributed by atoms with E-state index in [1.54, 1.807) is 0 Å². The van der Waals surface area contributed by atoms with E-state index in [-0.39, 0.29) is 0 Å². The highest BCUT2D eigenvalue weighted by molar-refractivity contribution is 5.44. The van der Waals surface area contributed by atoms with Crippen LogP contribution < -0.4 is 10.2 Å². The van der Waals surface area contributed by atoms with E-state index in [1.807, 2.05) is 25.3 Å². The lowest BCUT2D eigenvalue weighted by molar-refractivity contribution is 0.814. The Bertz CT molecular complexity index is 479. The van der Waals surface area contributed by atoms with Crippen LogP contribution in [0.25, 0.3) is 0 Å². The van der Waals surface area contributed by atoms with Gasteiger partial charge in [0, 0.05) is 32.0 Å². The lowest BCUT2D eigenvalue weighted by Crippen LogP contribution is -2.20. The Hall–Kier alpha value is -2.03. The molecule has 0 saturated heterocycles. The first-order valence-electron chi connectivity index (χ1n) is 6.68. The molecule has 2 rings (SSSR count). The van der Waals surface area contributed by atoms with E-state index in [0.717, 1.165) is 25.3 Å². The maximum Gasteiger partial charge on any atom is 0.125 e. The number of anilines is 2. The van der Waals surface area contributed by atoms with Gasteiger partial charge in [0.15, 0.2) is 0 Å². The molecule has 0 atom stereocenters. The molecule has 19 heavy (non-hydrogen) atoms. The molecule has 2 aromatic rings. The van der Waals surface area contributed by atoms with Gasteiger partial charge in [-0.2, -0.15) is 0 Å². The van der Waals surface area contributed by atoms with E-state index >= 15 is 0 Å². The second kappa shape index (κ2) is 6.78. The Labute approximate surface area is 115 Å². The summed E-state index contributed by atoms with van der Waals surface area (Å²) < 4.78 is 0. The zero-order valence-electron chi connectivity index (χ0n) is 11.6. The average molecular weight is 255 g/mol. The van der Waals surface area contributed by atoms with Crippen LogP contribution in [-0.2, 0) is 0 Å². The van der Waals surface area contributed by atoms with Gasteiger partial charge in [0.25, 0.3) is 0 Å². The van der Waals surface area contributed by atoms with E-state index in [0.29, 0.717) is 0 Å². The fraction of sp³-hybridized carbons (Fsp3) is 0.312. The fourth-order valence-electron chi connectivity index (χ4n) is 1.92. The van der Waals surface area contributed by atoms with Crippen LogP contribution in [0.4, 0.5) is 11.5 Å². The quantitative estimate of drug-likeness (QED) is 0.802. The number of nitrogens with zero attached hydrogens (tertiary/aromatic N) is 2. The molecule has 0 aliphatic heterocycles. The number of aryl methyl sites for hydroxylation is 1. The molecule has 3 heteroatoms. The van der Waals surface area contributed by atoms with E-state index in [2.05, 4.69) is 52.6 Å². The summed E-state index contributed by atoms with van der Waals surface area (Å²) in [7, 11) is 2.12. The standard InChI is InChI=1S/C16H21N3/c1-14-9-10-16(18-13-14)17-11-6-12-19(2)15-7-4-3-5-8-15/h3-5,7-10,13H,6,11-12H2,1-2H3,(H,17,18). The van der Waals surface area contributed by atoms with Crippen LogP contribution >= 0.6 is 0 Å². The molecule has 0 aliphatic carbocycles. The van der Waals surface area contributed by atoms with Crippen LogP contribution in [0.5, 0.6) is 0 Å². The summed E-state index contributed by atoms with van der Waals surface area (Å²) in [4.78, 5) is 6.60. The van der Waals surface area contributed by atoms with Crippen molar-refractivity contribution in [3.8, 4) is 0 Å². The van der Waals surface area contributed by atoms with Crippen LogP contribution in [0.3, 0.4) is 0 Å². The molecule has 0 fully saturated rings. The summed E-state index contributed by atoms with van der Waals surface area (Å²) in [6.45, 7) is 4.02. The third-order valence-corrected chi connectivity index (χ3v) is 3.08. The van der Waals surface area contributed by atoms with Crippen molar-refractivity contribution in [2.45, 2.75) is 13.3 Å². The van der Waals surface area contributed by atoms with Gasteiger partial charge < -0.3 is 10.2 Å². The number of pyridine rings is 1. The van der Waals surface area contributed by atoms with Gasteiger partial charge in [0.1, 0.15) is 5.82 Å². The summed E-state index contributed by atoms with van der Waals surface area (Å²) in [5.41, 5.74) is 2.45. The predicted molar refractivity (Wildman–Crippen MR) is 81.8 cm³/mol. The zero-order chi connectivity index (χ0) is 13.5. The molecule has 100 valence electrons. The van der Waals surface area contributed by atoms with Gasteiger partial charge in [-0.25, -0.2) is 4.98 Å². The van der Waals surface area contributed by atoms with E-state index in [1.165, 1.54) is 11.3 Å². The SMILES string of the molecule is Cc1ccc(NCCCN(C)c2ccccc2)nc1. The summed E-state index contributed by atoms with van der Waals surface area (Å²) >= 11 is 0. The van der Waals surface area contributed by atoms with Gasteiger partial charge in [-0.1, -0.05) is 24.3 Å². The first-order valence-corrected chi connectivity index (χ1v) is 6.68. The summed E-state index contributed by atoms with van der Waals surface area (Å²) in [6, 6.07) is 14.5. The zero-order valence-corrected chi connectivity index (χ0v) is 11.6. The molecule has 0 radical (unpaired) electrons. The van der Waals surface area contributed by atoms with Gasteiger partial charge in [0.05, 0.1) is 0 Å². The van der Waals surface area contributed by atoms with Crippen molar-refractivity contribution in [1.82, 2.24) is 4.98 Å². The van der Waals surface area contributed by atoms with Gasteiger partial charge in [0.2, 0.25) is 0 Å². The molecule has 1 aromatic carbocycles. The van der Waals surface area contributed by atoms with Gasteiger partial charge in [-0.15, -0.1) is 0 Å². The molecule has 0 aliphatic rings. The van der Waals surface area contributed by atoms with Crippen LogP contribution in [0.1, 0.15) is 12.0 Å². The number of rotatable bonds is 6. The van der Waals surface area contributed by atoms with Gasteiger partial charge >= 0.3 is 0 Å². The lowest BCUT2D eigenvalue weighted by atomic mass is 10.3. The molecule has 1 N–H and O–H groups in total. The number of hydrogen-bond acceptors (Lipinski definition) is 3. The molecular weight excluding hydrogens is 234 g/mol. The number of aromatic nitrogens is 1. The van der Waals surface area contributed by atoms with Crippen molar-refractivity contribution in [2.75, 3.05) is 30.4 Å². The Morgan fingerprint density at radius 2 is 1.89 bits per heavy atom. The third-order valence-electron chi connectivity index (χ3n) is 3.08. The van der Waals surface area contributed by atoms with Crippen molar-refractivity contribution in [3.63, 3.8) is 0 Å². The minimum Gasteiger partial charge on any atom is -0.375 e. The van der Waals surface area contributed by atoms with E-state index in [4.69, 9.17) is 0 Å². The van der Waals surface area contributed by atoms with Crippen molar-refractivity contribution in [1.29, 1.82) is 0 Å². The van der Waals surface area contributed by atoms with Crippen molar-refractivity contribution in [2.24, 2.45) is 0 Å². The second-order valence-corrected chi connectivity index (χ2v) is 4.76. The maximum atomic E-state index is 4.33. The number of benzene rings is 1. The van der Waals surface area contributed by atoms with Crippen LogP contribution in [0, 0.1) is 6.92 Å². The van der Waals surface area contributed by atoms with Crippen molar-refractivity contribution < 1.29 is 0 Å². The monoisotopic (exact) mass is 255 g/mol. The number of nitrogens with one attached hydrogen (secondary N) is 1. The molecule has 0 saturated carbocycles. The normalized spacial score (nSPS) is 10.2. The van der Waals surface area contributed by atoms with Crippen LogP contribution in [0.15, 0.2) is 48.7 Å². The van der Waals surface area contributed by atoms with E-state index < -0.39 is 0 Å². The number of hydrogen-bond donors (Lipinski definition) is 1. The molecule has 0 amide bonds. The Balaban J connectivity index is 1.71. The van der Waals surface area contributed by atoms with Gasteiger partial charge in [-0.05, 0) is 37.1 Å². The highest BCUT2D eigenvalue weighted by Gasteiger charge is 1.99. The summed E-state index contributed by atoms with van der Waals surface area (Å²) in [5, 5.41) is 3.34. The van der Waals surface area contributed by atoms with Gasteiger partial charge in [-0.3, -0.25) is 0 Å². The molecular formula is C16H21N3. The summed E-state index contributed by atoms with van der Waals surface area (Å²) in [5.74, 6) is 0.952. The highest BCUT2D eigenvalue weighted by atomic mass is 15.1. The minimum atomic E-state index is 0.938. The first kappa shape index (κ1) is 13.4. The largest absolute Gasteiger partial charge is 0.375 e.